The zero-order valence-corrected chi connectivity index (χ0v) is 12.5. The molecule has 0 aliphatic rings. The second kappa shape index (κ2) is 4.48. The molecule has 0 amide bonds. The molecular formula is C18H20N2. The Bertz CT molecular complexity index is 782. The van der Waals surface area contributed by atoms with Crippen molar-refractivity contribution in [1.29, 1.82) is 0 Å². The van der Waals surface area contributed by atoms with E-state index in [1.165, 1.54) is 21.7 Å². The van der Waals surface area contributed by atoms with Gasteiger partial charge in [-0.3, -0.25) is 0 Å². The molecule has 0 aliphatic carbocycles. The van der Waals surface area contributed by atoms with Gasteiger partial charge in [0, 0.05) is 23.4 Å². The molecule has 0 fully saturated rings. The van der Waals surface area contributed by atoms with Crippen LogP contribution in [0, 0.1) is 0 Å². The first kappa shape index (κ1) is 12.9. The van der Waals surface area contributed by atoms with Gasteiger partial charge in [-0.25, -0.2) is 4.98 Å². The van der Waals surface area contributed by atoms with Crippen LogP contribution < -0.4 is 5.32 Å². The molecule has 1 N–H and O–H groups in total. The number of anilines is 1. The third-order valence-corrected chi connectivity index (χ3v) is 3.76. The van der Waals surface area contributed by atoms with Crippen molar-refractivity contribution in [3.63, 3.8) is 0 Å². The Kier molecular flexibility index (Phi) is 2.89. The van der Waals surface area contributed by atoms with Crippen LogP contribution >= 0.6 is 0 Å². The van der Waals surface area contributed by atoms with Gasteiger partial charge < -0.3 is 5.32 Å². The average molecular weight is 264 g/mol. The largest absolute Gasteiger partial charge is 0.373 e. The first-order chi connectivity index (χ1) is 9.50. The number of nitrogens with zero attached hydrogens (tertiary/aromatic N) is 1. The Morgan fingerprint density at radius 3 is 2.35 bits per heavy atom. The molecule has 3 rings (SSSR count). The van der Waals surface area contributed by atoms with Crippen molar-refractivity contribution in [2.24, 2.45) is 0 Å². The van der Waals surface area contributed by atoms with E-state index < -0.39 is 0 Å². The molecule has 3 aromatic rings. The molecule has 0 unspecified atom stereocenters. The molecule has 1 heterocycles. The SMILES string of the molecule is CNc1nc2c(ccc3ccccc32)cc1C(C)(C)C. The van der Waals surface area contributed by atoms with Crippen molar-refractivity contribution in [3.8, 4) is 0 Å². The minimum atomic E-state index is 0.0746. The molecule has 0 aliphatic heterocycles. The van der Waals surface area contributed by atoms with E-state index in [-0.39, 0.29) is 5.41 Å². The van der Waals surface area contributed by atoms with Crippen molar-refractivity contribution in [2.75, 3.05) is 12.4 Å². The van der Waals surface area contributed by atoms with E-state index in [1.54, 1.807) is 0 Å². The van der Waals surface area contributed by atoms with Crippen molar-refractivity contribution < 1.29 is 0 Å². The lowest BCUT2D eigenvalue weighted by Gasteiger charge is -2.22. The highest BCUT2D eigenvalue weighted by atomic mass is 15.0. The van der Waals surface area contributed by atoms with E-state index in [0.29, 0.717) is 0 Å². The smallest absolute Gasteiger partial charge is 0.130 e. The molecule has 2 heteroatoms. The fraction of sp³-hybridized carbons (Fsp3) is 0.278. The van der Waals surface area contributed by atoms with Gasteiger partial charge in [0.1, 0.15) is 5.82 Å². The summed E-state index contributed by atoms with van der Waals surface area (Å²) in [6.45, 7) is 6.66. The first-order valence-corrected chi connectivity index (χ1v) is 7.01. The highest BCUT2D eigenvalue weighted by Crippen LogP contribution is 2.33. The fourth-order valence-electron chi connectivity index (χ4n) is 2.67. The molecule has 102 valence electrons. The second-order valence-corrected chi connectivity index (χ2v) is 6.24. The van der Waals surface area contributed by atoms with Gasteiger partial charge in [-0.2, -0.15) is 0 Å². The molecule has 0 saturated heterocycles. The summed E-state index contributed by atoms with van der Waals surface area (Å²) in [5.41, 5.74) is 2.40. The lowest BCUT2D eigenvalue weighted by molar-refractivity contribution is 0.591. The van der Waals surface area contributed by atoms with Crippen LogP contribution in [0.2, 0.25) is 0 Å². The van der Waals surface area contributed by atoms with E-state index in [1.807, 2.05) is 7.05 Å². The van der Waals surface area contributed by atoms with Crippen LogP contribution in [0.15, 0.2) is 42.5 Å². The number of benzene rings is 2. The number of nitrogens with one attached hydrogen (secondary N) is 1. The van der Waals surface area contributed by atoms with Gasteiger partial charge in [0.05, 0.1) is 5.52 Å². The first-order valence-electron chi connectivity index (χ1n) is 7.01. The van der Waals surface area contributed by atoms with Crippen molar-refractivity contribution in [1.82, 2.24) is 4.98 Å². The molecule has 0 saturated carbocycles. The summed E-state index contributed by atoms with van der Waals surface area (Å²) in [5.74, 6) is 0.973. The van der Waals surface area contributed by atoms with Gasteiger partial charge in [0.25, 0.3) is 0 Å². The van der Waals surface area contributed by atoms with E-state index >= 15 is 0 Å². The van der Waals surface area contributed by atoms with Crippen molar-refractivity contribution in [2.45, 2.75) is 26.2 Å². The molecule has 0 spiro atoms. The van der Waals surface area contributed by atoms with Crippen molar-refractivity contribution in [3.05, 3.63) is 48.0 Å². The van der Waals surface area contributed by atoms with Gasteiger partial charge in [0.2, 0.25) is 0 Å². The van der Waals surface area contributed by atoms with Crippen LogP contribution in [0.5, 0.6) is 0 Å². The molecule has 0 radical (unpaired) electrons. The number of aromatic nitrogens is 1. The van der Waals surface area contributed by atoms with Gasteiger partial charge in [-0.15, -0.1) is 0 Å². The van der Waals surface area contributed by atoms with Crippen LogP contribution in [0.25, 0.3) is 21.7 Å². The highest BCUT2D eigenvalue weighted by Gasteiger charge is 2.19. The average Bonchev–Trinajstić information content (AvgIpc) is 2.44. The van der Waals surface area contributed by atoms with Gasteiger partial charge in [-0.1, -0.05) is 57.2 Å². The quantitative estimate of drug-likeness (QED) is 0.643. The molecule has 0 atom stereocenters. The maximum atomic E-state index is 4.88. The summed E-state index contributed by atoms with van der Waals surface area (Å²) < 4.78 is 0. The molecule has 1 aromatic heterocycles. The van der Waals surface area contributed by atoms with Crippen molar-refractivity contribution >= 4 is 27.5 Å². The van der Waals surface area contributed by atoms with Crippen LogP contribution in [-0.4, -0.2) is 12.0 Å². The van der Waals surface area contributed by atoms with E-state index in [4.69, 9.17) is 4.98 Å². The highest BCUT2D eigenvalue weighted by molar-refractivity contribution is 6.05. The Labute approximate surface area is 119 Å². The minimum absolute atomic E-state index is 0.0746. The third-order valence-electron chi connectivity index (χ3n) is 3.76. The topological polar surface area (TPSA) is 24.9 Å². The monoisotopic (exact) mass is 264 g/mol. The predicted molar refractivity (Wildman–Crippen MR) is 87.5 cm³/mol. The van der Waals surface area contributed by atoms with Crippen LogP contribution in [0.3, 0.4) is 0 Å². The summed E-state index contributed by atoms with van der Waals surface area (Å²) in [5, 5.41) is 6.89. The molecular weight excluding hydrogens is 244 g/mol. The molecule has 2 aromatic carbocycles. The molecule has 20 heavy (non-hydrogen) atoms. The fourth-order valence-corrected chi connectivity index (χ4v) is 2.67. The van der Waals surface area contributed by atoms with E-state index in [2.05, 4.69) is 68.6 Å². The molecule has 0 bridgehead atoms. The number of rotatable bonds is 1. The standard InChI is InChI=1S/C18H20N2/c1-18(2,3)15-11-13-10-9-12-7-5-6-8-14(12)16(13)20-17(15)19-4/h5-11H,1-4H3,(H,19,20). The normalized spacial score (nSPS) is 12.0. The maximum absolute atomic E-state index is 4.88. The summed E-state index contributed by atoms with van der Waals surface area (Å²) in [6, 6.07) is 15.0. The Morgan fingerprint density at radius 2 is 1.65 bits per heavy atom. The van der Waals surface area contributed by atoms with E-state index in [0.717, 1.165) is 11.3 Å². The zero-order valence-electron chi connectivity index (χ0n) is 12.5. The van der Waals surface area contributed by atoms with Crippen LogP contribution in [0.4, 0.5) is 5.82 Å². The van der Waals surface area contributed by atoms with E-state index in [9.17, 15) is 0 Å². The summed E-state index contributed by atoms with van der Waals surface area (Å²) in [4.78, 5) is 4.88. The van der Waals surface area contributed by atoms with Gasteiger partial charge in [-0.05, 0) is 16.9 Å². The lowest BCUT2D eigenvalue weighted by Crippen LogP contribution is -2.15. The third kappa shape index (κ3) is 2.01. The Hall–Kier alpha value is -2.09. The number of pyridine rings is 1. The van der Waals surface area contributed by atoms with Crippen LogP contribution in [-0.2, 0) is 5.41 Å². The minimum Gasteiger partial charge on any atom is -0.373 e. The summed E-state index contributed by atoms with van der Waals surface area (Å²) >= 11 is 0. The number of fused-ring (bicyclic) bond motifs is 3. The van der Waals surface area contributed by atoms with Gasteiger partial charge in [0.15, 0.2) is 0 Å². The number of hydrogen-bond donors (Lipinski definition) is 1. The summed E-state index contributed by atoms with van der Waals surface area (Å²) in [7, 11) is 1.94. The zero-order chi connectivity index (χ0) is 14.3. The summed E-state index contributed by atoms with van der Waals surface area (Å²) in [6.07, 6.45) is 0. The Morgan fingerprint density at radius 1 is 0.950 bits per heavy atom. The predicted octanol–water partition coefficient (Wildman–Crippen LogP) is 4.73. The van der Waals surface area contributed by atoms with Gasteiger partial charge >= 0.3 is 0 Å². The lowest BCUT2D eigenvalue weighted by atomic mass is 9.86. The van der Waals surface area contributed by atoms with Crippen LogP contribution in [0.1, 0.15) is 26.3 Å². The Balaban J connectivity index is 2.41. The molecule has 2 nitrogen and oxygen atoms in total. The maximum Gasteiger partial charge on any atom is 0.130 e. The second-order valence-electron chi connectivity index (χ2n) is 6.24. The number of hydrogen-bond acceptors (Lipinski definition) is 2.